The lowest BCUT2D eigenvalue weighted by Gasteiger charge is -2.09. The van der Waals surface area contributed by atoms with Gasteiger partial charge in [0.15, 0.2) is 0 Å². The molecule has 0 aliphatic rings. The number of nitriles is 1. The Kier molecular flexibility index (Phi) is 5.77. The second kappa shape index (κ2) is 7.99. The molecule has 0 unspecified atom stereocenters. The summed E-state index contributed by atoms with van der Waals surface area (Å²) in [6.07, 6.45) is 1.22. The third-order valence-electron chi connectivity index (χ3n) is 3.02. The Hall–Kier alpha value is -3.04. The molecular weight excluding hydrogens is 333 g/mol. The average molecular weight is 346 g/mol. The van der Waals surface area contributed by atoms with E-state index in [0.717, 1.165) is 0 Å². The van der Waals surface area contributed by atoms with Gasteiger partial charge in [-0.3, -0.25) is 4.79 Å². The van der Waals surface area contributed by atoms with Crippen LogP contribution >= 0.6 is 11.6 Å². The first-order valence-corrected chi connectivity index (χ1v) is 7.19. The van der Waals surface area contributed by atoms with E-state index in [0.29, 0.717) is 17.1 Å². The number of ether oxygens (including phenoxy) is 1. The van der Waals surface area contributed by atoms with Crippen molar-refractivity contribution in [2.75, 3.05) is 17.7 Å². The van der Waals surface area contributed by atoms with Crippen molar-refractivity contribution >= 4 is 28.9 Å². The van der Waals surface area contributed by atoms with Crippen LogP contribution in [-0.2, 0) is 4.79 Å². The Bertz CT molecular complexity index is 831. The molecule has 2 rings (SSSR count). The van der Waals surface area contributed by atoms with Crippen LogP contribution in [0.1, 0.15) is 0 Å². The van der Waals surface area contributed by atoms with Gasteiger partial charge >= 0.3 is 0 Å². The number of rotatable bonds is 5. The maximum Gasteiger partial charge on any atom is 0.267 e. The second-order valence-electron chi connectivity index (χ2n) is 4.60. The van der Waals surface area contributed by atoms with Crippen molar-refractivity contribution in [3.05, 3.63) is 65.1 Å². The Labute approximate surface area is 143 Å². The molecule has 2 N–H and O–H groups in total. The second-order valence-corrected chi connectivity index (χ2v) is 5.00. The minimum Gasteiger partial charge on any atom is -0.495 e. The number of carbonyl (C=O) groups excluding carboxylic acids is 1. The number of para-hydroxylation sites is 2. The zero-order chi connectivity index (χ0) is 17.5. The number of hydrogen-bond donors (Lipinski definition) is 2. The minimum absolute atomic E-state index is 0.0645. The van der Waals surface area contributed by atoms with E-state index in [1.807, 2.05) is 0 Å². The van der Waals surface area contributed by atoms with E-state index in [1.54, 1.807) is 30.3 Å². The lowest BCUT2D eigenvalue weighted by atomic mass is 10.2. The fourth-order valence-corrected chi connectivity index (χ4v) is 2.01. The molecule has 0 aromatic heterocycles. The maximum absolute atomic E-state index is 13.1. The van der Waals surface area contributed by atoms with Crippen molar-refractivity contribution < 1.29 is 13.9 Å². The van der Waals surface area contributed by atoms with E-state index in [4.69, 9.17) is 21.6 Å². The molecule has 1 amide bonds. The van der Waals surface area contributed by atoms with Crippen molar-refractivity contribution in [3.63, 3.8) is 0 Å². The number of methoxy groups -OCH3 is 1. The molecule has 0 aliphatic carbocycles. The van der Waals surface area contributed by atoms with Crippen LogP contribution in [0.4, 0.5) is 15.8 Å². The molecule has 0 saturated heterocycles. The topological polar surface area (TPSA) is 74.1 Å². The highest BCUT2D eigenvalue weighted by Crippen LogP contribution is 2.23. The number of amides is 1. The number of halogens is 2. The summed E-state index contributed by atoms with van der Waals surface area (Å²) in [5.74, 6) is -0.690. The lowest BCUT2D eigenvalue weighted by molar-refractivity contribution is -0.112. The predicted molar refractivity (Wildman–Crippen MR) is 90.4 cm³/mol. The van der Waals surface area contributed by atoms with Crippen LogP contribution < -0.4 is 15.4 Å². The summed E-state index contributed by atoms with van der Waals surface area (Å²) in [7, 11) is 1.48. The number of nitrogens with one attached hydrogen (secondary N) is 2. The van der Waals surface area contributed by atoms with E-state index in [-0.39, 0.29) is 10.6 Å². The summed E-state index contributed by atoms with van der Waals surface area (Å²) in [5, 5.41) is 14.4. The first kappa shape index (κ1) is 17.3. The van der Waals surface area contributed by atoms with Gasteiger partial charge in [-0.05, 0) is 30.3 Å². The summed E-state index contributed by atoms with van der Waals surface area (Å²) in [6, 6.07) is 12.6. The standard InChI is InChI=1S/C17H13ClFN3O2/c1-24-16-5-3-2-4-15(16)22-17(23)11(9-20)10-21-12-6-7-14(19)13(18)8-12/h2-8,10,21H,1H3,(H,22,23)/b11-10-. The van der Waals surface area contributed by atoms with Crippen LogP contribution in [-0.4, -0.2) is 13.0 Å². The molecule has 0 fully saturated rings. The molecule has 0 aliphatic heterocycles. The summed E-state index contributed by atoms with van der Waals surface area (Å²) in [6.45, 7) is 0. The van der Waals surface area contributed by atoms with Crippen molar-refractivity contribution in [1.82, 2.24) is 0 Å². The monoisotopic (exact) mass is 345 g/mol. The highest BCUT2D eigenvalue weighted by molar-refractivity contribution is 6.31. The molecule has 0 atom stereocenters. The van der Waals surface area contributed by atoms with Gasteiger partial charge in [-0.15, -0.1) is 0 Å². The highest BCUT2D eigenvalue weighted by Gasteiger charge is 2.12. The van der Waals surface area contributed by atoms with Crippen LogP contribution in [0.15, 0.2) is 54.2 Å². The van der Waals surface area contributed by atoms with E-state index in [9.17, 15) is 9.18 Å². The van der Waals surface area contributed by atoms with E-state index in [1.165, 1.54) is 31.5 Å². The third kappa shape index (κ3) is 4.24. The molecule has 5 nitrogen and oxygen atoms in total. The van der Waals surface area contributed by atoms with E-state index < -0.39 is 11.7 Å². The van der Waals surface area contributed by atoms with Gasteiger partial charge in [-0.2, -0.15) is 5.26 Å². The van der Waals surface area contributed by atoms with Gasteiger partial charge in [-0.25, -0.2) is 4.39 Å². The van der Waals surface area contributed by atoms with E-state index >= 15 is 0 Å². The summed E-state index contributed by atoms with van der Waals surface area (Å²) >= 11 is 5.67. The fraction of sp³-hybridized carbons (Fsp3) is 0.0588. The molecule has 0 bridgehead atoms. The van der Waals surface area contributed by atoms with Crippen LogP contribution in [0.5, 0.6) is 5.75 Å². The number of anilines is 2. The first-order chi connectivity index (χ1) is 11.5. The normalized spacial score (nSPS) is 10.7. The summed E-state index contributed by atoms with van der Waals surface area (Å²) in [4.78, 5) is 12.2. The predicted octanol–water partition coefficient (Wildman–Crippen LogP) is 3.95. The van der Waals surface area contributed by atoms with Crippen molar-refractivity contribution in [2.24, 2.45) is 0 Å². The Morgan fingerprint density at radius 3 is 2.75 bits per heavy atom. The molecule has 24 heavy (non-hydrogen) atoms. The van der Waals surface area contributed by atoms with Gasteiger partial charge in [0, 0.05) is 11.9 Å². The maximum atomic E-state index is 13.1. The molecule has 7 heteroatoms. The van der Waals surface area contributed by atoms with Gasteiger partial charge in [0.05, 0.1) is 17.8 Å². The van der Waals surface area contributed by atoms with Gasteiger partial charge < -0.3 is 15.4 Å². The fourth-order valence-electron chi connectivity index (χ4n) is 1.83. The quantitative estimate of drug-likeness (QED) is 0.635. The van der Waals surface area contributed by atoms with E-state index in [2.05, 4.69) is 10.6 Å². The van der Waals surface area contributed by atoms with Gasteiger partial charge in [0.2, 0.25) is 0 Å². The van der Waals surface area contributed by atoms with Crippen molar-refractivity contribution in [1.29, 1.82) is 5.26 Å². The summed E-state index contributed by atoms with van der Waals surface area (Å²) in [5.41, 5.74) is 0.719. The third-order valence-corrected chi connectivity index (χ3v) is 3.31. The van der Waals surface area contributed by atoms with Crippen molar-refractivity contribution in [2.45, 2.75) is 0 Å². The largest absolute Gasteiger partial charge is 0.495 e. The first-order valence-electron chi connectivity index (χ1n) is 6.81. The summed E-state index contributed by atoms with van der Waals surface area (Å²) < 4.78 is 18.2. The van der Waals surface area contributed by atoms with Gasteiger partial charge in [0.1, 0.15) is 23.2 Å². The van der Waals surface area contributed by atoms with Crippen LogP contribution in [0, 0.1) is 17.1 Å². The van der Waals surface area contributed by atoms with Crippen LogP contribution in [0.3, 0.4) is 0 Å². The molecule has 0 radical (unpaired) electrons. The van der Waals surface area contributed by atoms with Crippen molar-refractivity contribution in [3.8, 4) is 11.8 Å². The average Bonchev–Trinajstić information content (AvgIpc) is 2.59. The Morgan fingerprint density at radius 1 is 1.33 bits per heavy atom. The lowest BCUT2D eigenvalue weighted by Crippen LogP contribution is -2.15. The number of hydrogen-bond acceptors (Lipinski definition) is 4. The number of nitrogens with zero attached hydrogens (tertiary/aromatic N) is 1. The molecule has 0 saturated carbocycles. The Morgan fingerprint density at radius 2 is 2.08 bits per heavy atom. The SMILES string of the molecule is COc1ccccc1NC(=O)/C(C#N)=C\Nc1ccc(F)c(Cl)c1. The zero-order valence-corrected chi connectivity index (χ0v) is 13.4. The minimum atomic E-state index is -0.609. The molecule has 122 valence electrons. The number of benzene rings is 2. The number of carbonyl (C=O) groups is 1. The zero-order valence-electron chi connectivity index (χ0n) is 12.6. The van der Waals surface area contributed by atoms with Gasteiger partial charge in [0.25, 0.3) is 5.91 Å². The molecule has 0 spiro atoms. The molecule has 2 aromatic carbocycles. The highest BCUT2D eigenvalue weighted by atomic mass is 35.5. The molecule has 0 heterocycles. The van der Waals surface area contributed by atoms with Crippen LogP contribution in [0.25, 0.3) is 0 Å². The van der Waals surface area contributed by atoms with Crippen LogP contribution in [0.2, 0.25) is 5.02 Å². The molecular formula is C17H13ClFN3O2. The Balaban J connectivity index is 2.13. The molecule has 2 aromatic rings. The smallest absolute Gasteiger partial charge is 0.267 e. The van der Waals surface area contributed by atoms with Gasteiger partial charge in [-0.1, -0.05) is 23.7 Å².